The maximum atomic E-state index is 10.4. The van der Waals surface area contributed by atoms with Crippen LogP contribution in [0.25, 0.3) is 10.9 Å². The van der Waals surface area contributed by atoms with E-state index < -0.39 is 0 Å². The van der Waals surface area contributed by atoms with Gasteiger partial charge in [0.25, 0.3) is 0 Å². The van der Waals surface area contributed by atoms with E-state index in [9.17, 15) is 5.11 Å². The van der Waals surface area contributed by atoms with Gasteiger partial charge in [0.1, 0.15) is 0 Å². The highest BCUT2D eigenvalue weighted by molar-refractivity contribution is 5.82. The summed E-state index contributed by atoms with van der Waals surface area (Å²) >= 11 is 0. The average molecular weight is 271 g/mol. The highest BCUT2D eigenvalue weighted by atomic mass is 16.3. The maximum Gasteiger partial charge on any atom is 0.0796 e. The Morgan fingerprint density at radius 3 is 2.65 bits per heavy atom. The molecule has 2 heteroatoms. The van der Waals surface area contributed by atoms with Crippen molar-refractivity contribution in [1.82, 2.24) is 4.98 Å². The average Bonchev–Trinajstić information content (AvgIpc) is 2.50. The Kier molecular flexibility index (Phi) is 6.00. The van der Waals surface area contributed by atoms with Crippen molar-refractivity contribution >= 4 is 10.9 Å². The lowest BCUT2D eigenvalue weighted by atomic mass is 9.98. The van der Waals surface area contributed by atoms with Crippen molar-refractivity contribution in [2.24, 2.45) is 0 Å². The van der Waals surface area contributed by atoms with E-state index in [1.54, 1.807) is 6.20 Å². The number of nitrogens with zero attached hydrogens (tertiary/aromatic N) is 1. The predicted molar refractivity (Wildman–Crippen MR) is 84.7 cm³/mol. The summed E-state index contributed by atoms with van der Waals surface area (Å²) in [5, 5.41) is 11.5. The number of unbranched alkanes of at least 4 members (excludes halogenated alkanes) is 5. The second-order valence-corrected chi connectivity index (χ2v) is 5.49. The van der Waals surface area contributed by atoms with Crippen molar-refractivity contribution in [2.45, 2.75) is 58.0 Å². The molecule has 1 N–H and O–H groups in total. The minimum atomic E-state index is -0.367. The minimum Gasteiger partial charge on any atom is -0.388 e. The fourth-order valence-corrected chi connectivity index (χ4v) is 2.69. The fourth-order valence-electron chi connectivity index (χ4n) is 2.69. The topological polar surface area (TPSA) is 33.1 Å². The summed E-state index contributed by atoms with van der Waals surface area (Å²) in [5.74, 6) is 0. The first-order chi connectivity index (χ1) is 9.83. The van der Waals surface area contributed by atoms with E-state index in [4.69, 9.17) is 0 Å². The van der Waals surface area contributed by atoms with Gasteiger partial charge in [-0.1, -0.05) is 63.6 Å². The van der Waals surface area contributed by atoms with Gasteiger partial charge in [-0.05, 0) is 24.1 Å². The largest absolute Gasteiger partial charge is 0.388 e. The Morgan fingerprint density at radius 2 is 1.80 bits per heavy atom. The molecule has 1 unspecified atom stereocenters. The van der Waals surface area contributed by atoms with Gasteiger partial charge < -0.3 is 5.11 Å². The molecular formula is C18H25NO. The molecule has 0 aliphatic carbocycles. The number of aliphatic hydroxyl groups is 1. The highest BCUT2D eigenvalue weighted by Gasteiger charge is 2.10. The molecule has 0 radical (unpaired) electrons. The van der Waals surface area contributed by atoms with Crippen LogP contribution >= 0.6 is 0 Å². The number of hydrogen-bond acceptors (Lipinski definition) is 2. The Hall–Kier alpha value is -1.41. The summed E-state index contributed by atoms with van der Waals surface area (Å²) in [6, 6.07) is 9.97. The van der Waals surface area contributed by atoms with Crippen LogP contribution in [-0.2, 0) is 0 Å². The van der Waals surface area contributed by atoms with Crippen molar-refractivity contribution in [1.29, 1.82) is 0 Å². The Balaban J connectivity index is 1.89. The molecule has 0 fully saturated rings. The molecule has 1 atom stereocenters. The first kappa shape index (κ1) is 15.0. The van der Waals surface area contributed by atoms with Crippen molar-refractivity contribution < 1.29 is 5.11 Å². The summed E-state index contributed by atoms with van der Waals surface area (Å²) in [7, 11) is 0. The summed E-state index contributed by atoms with van der Waals surface area (Å²) in [4.78, 5) is 4.34. The van der Waals surface area contributed by atoms with Gasteiger partial charge in [0.05, 0.1) is 11.6 Å². The van der Waals surface area contributed by atoms with Crippen molar-refractivity contribution in [2.75, 3.05) is 0 Å². The number of benzene rings is 1. The van der Waals surface area contributed by atoms with Crippen LogP contribution in [0, 0.1) is 0 Å². The molecule has 0 aliphatic heterocycles. The first-order valence-corrected chi connectivity index (χ1v) is 7.84. The molecule has 0 spiro atoms. The van der Waals surface area contributed by atoms with Gasteiger partial charge in [0.2, 0.25) is 0 Å². The summed E-state index contributed by atoms with van der Waals surface area (Å²) in [6.07, 6.45) is 9.83. The fraction of sp³-hybridized carbons (Fsp3) is 0.500. The van der Waals surface area contributed by atoms with Crippen LogP contribution in [0.2, 0.25) is 0 Å². The van der Waals surface area contributed by atoms with Crippen LogP contribution in [-0.4, -0.2) is 10.1 Å². The zero-order valence-electron chi connectivity index (χ0n) is 12.4. The molecule has 2 nitrogen and oxygen atoms in total. The Labute approximate surface area is 121 Å². The van der Waals surface area contributed by atoms with Crippen molar-refractivity contribution in [3.63, 3.8) is 0 Å². The number of hydrogen-bond donors (Lipinski definition) is 1. The minimum absolute atomic E-state index is 0.367. The number of aromatic nitrogens is 1. The normalized spacial score (nSPS) is 12.7. The molecule has 2 rings (SSSR count). The maximum absolute atomic E-state index is 10.4. The first-order valence-electron chi connectivity index (χ1n) is 7.84. The van der Waals surface area contributed by atoms with E-state index in [1.165, 1.54) is 32.1 Å². The van der Waals surface area contributed by atoms with E-state index >= 15 is 0 Å². The van der Waals surface area contributed by atoms with E-state index in [0.717, 1.165) is 29.3 Å². The lowest BCUT2D eigenvalue weighted by Gasteiger charge is -2.13. The van der Waals surface area contributed by atoms with Crippen LogP contribution in [0.1, 0.15) is 63.5 Å². The van der Waals surface area contributed by atoms with Crippen molar-refractivity contribution in [3.8, 4) is 0 Å². The van der Waals surface area contributed by atoms with Gasteiger partial charge >= 0.3 is 0 Å². The van der Waals surface area contributed by atoms with Crippen LogP contribution < -0.4 is 0 Å². The zero-order valence-corrected chi connectivity index (χ0v) is 12.4. The smallest absolute Gasteiger partial charge is 0.0796 e. The predicted octanol–water partition coefficient (Wildman–Crippen LogP) is 5.02. The molecule has 0 aliphatic rings. The molecule has 1 heterocycles. The van der Waals surface area contributed by atoms with E-state index in [2.05, 4.69) is 11.9 Å². The van der Waals surface area contributed by atoms with Crippen LogP contribution in [0.4, 0.5) is 0 Å². The summed E-state index contributed by atoms with van der Waals surface area (Å²) in [5.41, 5.74) is 1.98. The molecule has 20 heavy (non-hydrogen) atoms. The molecule has 0 saturated carbocycles. The molecule has 1 aromatic heterocycles. The standard InChI is InChI=1S/C18H25NO/c1-2-3-4-5-6-7-13-18(20)16-10-8-12-17-15(16)11-9-14-19-17/h8-12,14,18,20H,2-7,13H2,1H3. The van der Waals surface area contributed by atoms with E-state index in [-0.39, 0.29) is 6.10 Å². The summed E-state index contributed by atoms with van der Waals surface area (Å²) < 4.78 is 0. The third-order valence-electron chi connectivity index (χ3n) is 3.87. The Bertz CT molecular complexity index is 518. The molecule has 1 aromatic carbocycles. The highest BCUT2D eigenvalue weighted by Crippen LogP contribution is 2.26. The summed E-state index contributed by atoms with van der Waals surface area (Å²) in [6.45, 7) is 2.23. The van der Waals surface area contributed by atoms with E-state index in [0.29, 0.717) is 0 Å². The number of pyridine rings is 1. The van der Waals surface area contributed by atoms with Gasteiger partial charge in [0.15, 0.2) is 0 Å². The molecule has 0 amide bonds. The molecule has 108 valence electrons. The number of aliphatic hydroxyl groups excluding tert-OH is 1. The number of fused-ring (bicyclic) bond motifs is 1. The van der Waals surface area contributed by atoms with Crippen LogP contribution in [0.3, 0.4) is 0 Å². The van der Waals surface area contributed by atoms with E-state index in [1.807, 2.05) is 30.3 Å². The lowest BCUT2D eigenvalue weighted by molar-refractivity contribution is 0.165. The van der Waals surface area contributed by atoms with Gasteiger partial charge in [-0.3, -0.25) is 4.98 Å². The third kappa shape index (κ3) is 4.04. The van der Waals surface area contributed by atoms with Crippen LogP contribution in [0.15, 0.2) is 36.5 Å². The second kappa shape index (κ2) is 8.01. The second-order valence-electron chi connectivity index (χ2n) is 5.49. The van der Waals surface area contributed by atoms with Gasteiger partial charge in [-0.15, -0.1) is 0 Å². The van der Waals surface area contributed by atoms with Crippen LogP contribution in [0.5, 0.6) is 0 Å². The van der Waals surface area contributed by atoms with Gasteiger partial charge in [-0.2, -0.15) is 0 Å². The molecule has 0 bridgehead atoms. The SMILES string of the molecule is CCCCCCCCC(O)c1cccc2ncccc12. The van der Waals surface area contributed by atoms with Crippen molar-refractivity contribution in [3.05, 3.63) is 42.1 Å². The monoisotopic (exact) mass is 271 g/mol. The molecule has 2 aromatic rings. The Morgan fingerprint density at radius 1 is 1.00 bits per heavy atom. The lowest BCUT2D eigenvalue weighted by Crippen LogP contribution is -1.99. The van der Waals surface area contributed by atoms with Gasteiger partial charge in [-0.25, -0.2) is 0 Å². The number of rotatable bonds is 8. The van der Waals surface area contributed by atoms with Gasteiger partial charge in [0, 0.05) is 11.6 Å². The zero-order chi connectivity index (χ0) is 14.2. The third-order valence-corrected chi connectivity index (χ3v) is 3.87. The quantitative estimate of drug-likeness (QED) is 0.684. The molecule has 0 saturated heterocycles. The molecular weight excluding hydrogens is 246 g/mol.